The Balaban J connectivity index is 2.54. The predicted molar refractivity (Wildman–Crippen MR) is 96.6 cm³/mol. The number of hydrogen-bond acceptors (Lipinski definition) is 6. The minimum Gasteiger partial charge on any atom is -0.398 e. The Morgan fingerprint density at radius 1 is 0.455 bits per heavy atom. The molecule has 0 aliphatic heterocycles. The summed E-state index contributed by atoms with van der Waals surface area (Å²) in [5.41, 5.74) is 39.4. The molecule has 0 saturated heterocycles. The molecule has 0 atom stereocenters. The minimum atomic E-state index is 0.324. The Kier molecular flexibility index (Phi) is 2.08. The van der Waals surface area contributed by atoms with Gasteiger partial charge in [0.1, 0.15) is 0 Å². The summed E-state index contributed by atoms with van der Waals surface area (Å²) in [6.07, 6.45) is 0. The molecule has 0 unspecified atom stereocenters. The van der Waals surface area contributed by atoms with Gasteiger partial charge >= 0.3 is 0 Å². The minimum absolute atomic E-state index is 0.324. The van der Waals surface area contributed by atoms with E-state index in [0.29, 0.717) is 39.5 Å². The van der Waals surface area contributed by atoms with E-state index in [4.69, 9.17) is 34.4 Å². The van der Waals surface area contributed by atoms with Gasteiger partial charge in [0, 0.05) is 32.6 Å². The van der Waals surface area contributed by atoms with Gasteiger partial charge < -0.3 is 34.4 Å². The predicted octanol–water partition coefficient (Wildman–Crippen LogP) is 2.08. The number of nitrogens with two attached hydrogens (primary N) is 6. The summed E-state index contributed by atoms with van der Waals surface area (Å²) in [7, 11) is 0. The van der Waals surface area contributed by atoms with Crippen molar-refractivity contribution in [3.63, 3.8) is 0 Å². The van der Waals surface area contributed by atoms with Crippen LogP contribution in [0, 0.1) is 0 Å². The summed E-state index contributed by atoms with van der Waals surface area (Å²) >= 11 is 0. The van der Waals surface area contributed by atoms with Gasteiger partial charge in [-0.15, -0.1) is 0 Å². The highest BCUT2D eigenvalue weighted by molar-refractivity contribution is 6.36. The fourth-order valence-corrected chi connectivity index (χ4v) is 3.32. The van der Waals surface area contributed by atoms with Gasteiger partial charge in [0.05, 0.1) is 28.4 Å². The van der Waals surface area contributed by atoms with Crippen LogP contribution in [-0.4, -0.2) is 0 Å². The van der Waals surface area contributed by atoms with E-state index in [2.05, 4.69) is 0 Å². The lowest BCUT2D eigenvalue weighted by atomic mass is 9.89. The maximum Gasteiger partial charge on any atom is 0.0795 e. The van der Waals surface area contributed by atoms with E-state index >= 15 is 0 Å². The van der Waals surface area contributed by atoms with E-state index in [1.165, 1.54) is 0 Å². The quantitative estimate of drug-likeness (QED) is 0.215. The molecule has 4 rings (SSSR count). The van der Waals surface area contributed by atoms with E-state index in [-0.39, 0.29) is 0 Å². The second-order valence-corrected chi connectivity index (χ2v) is 5.56. The third-order valence-corrected chi connectivity index (χ3v) is 4.44. The van der Waals surface area contributed by atoms with Crippen LogP contribution in [-0.2, 0) is 0 Å². The Morgan fingerprint density at radius 2 is 1.05 bits per heavy atom. The molecule has 12 N–H and O–H groups in total. The third-order valence-electron chi connectivity index (χ3n) is 4.44. The molecule has 6 nitrogen and oxygen atoms in total. The lowest BCUT2D eigenvalue weighted by molar-refractivity contribution is 1.70. The van der Waals surface area contributed by atoms with Gasteiger partial charge in [0.25, 0.3) is 0 Å². The molecule has 22 heavy (non-hydrogen) atoms. The first kappa shape index (κ1) is 12.5. The summed E-state index contributed by atoms with van der Waals surface area (Å²) in [5.74, 6) is 0. The van der Waals surface area contributed by atoms with Crippen molar-refractivity contribution in [1.82, 2.24) is 0 Å². The fraction of sp³-hybridized carbons (Fsp3) is 0. The van der Waals surface area contributed by atoms with Gasteiger partial charge in [0.15, 0.2) is 0 Å². The first-order chi connectivity index (χ1) is 10.4. The van der Waals surface area contributed by atoms with Crippen molar-refractivity contribution in [3.8, 4) is 0 Å². The average molecular weight is 292 g/mol. The van der Waals surface area contributed by atoms with E-state index in [1.807, 2.05) is 24.3 Å². The smallest absolute Gasteiger partial charge is 0.0795 e. The van der Waals surface area contributed by atoms with Crippen LogP contribution in [0.3, 0.4) is 0 Å². The maximum absolute atomic E-state index is 6.24. The zero-order valence-electron chi connectivity index (χ0n) is 11.8. The van der Waals surface area contributed by atoms with E-state index < -0.39 is 0 Å². The number of hydrogen-bond donors (Lipinski definition) is 6. The molecule has 4 aromatic rings. The van der Waals surface area contributed by atoms with Gasteiger partial charge in [-0.25, -0.2) is 0 Å². The van der Waals surface area contributed by atoms with E-state index in [0.717, 1.165) is 26.9 Å². The molecular formula is C16H16N6. The highest BCUT2D eigenvalue weighted by atomic mass is 14.8. The second kappa shape index (κ2) is 3.67. The topological polar surface area (TPSA) is 156 Å². The molecule has 0 aliphatic rings. The molecule has 0 amide bonds. The lowest BCUT2D eigenvalue weighted by Crippen LogP contribution is -2.07. The molecule has 0 radical (unpaired) electrons. The van der Waals surface area contributed by atoms with Crippen molar-refractivity contribution in [1.29, 1.82) is 0 Å². The molecule has 6 heteroatoms. The lowest BCUT2D eigenvalue weighted by Gasteiger charge is -2.20. The van der Waals surface area contributed by atoms with Crippen LogP contribution < -0.4 is 34.4 Å². The van der Waals surface area contributed by atoms with Crippen LogP contribution in [0.4, 0.5) is 34.1 Å². The SMILES string of the molecule is Nc1c(N)c2ccc3ccc(N)c4c(N)c(N)c(c1N)c2c34. The molecule has 0 aromatic heterocycles. The Bertz CT molecular complexity index is 1080. The third kappa shape index (κ3) is 1.20. The first-order valence-electron chi connectivity index (χ1n) is 6.80. The molecule has 0 heterocycles. The Morgan fingerprint density at radius 3 is 1.77 bits per heavy atom. The zero-order chi connectivity index (χ0) is 15.8. The molecular weight excluding hydrogens is 276 g/mol. The van der Waals surface area contributed by atoms with Crippen molar-refractivity contribution >= 4 is 66.4 Å². The van der Waals surface area contributed by atoms with Crippen LogP contribution >= 0.6 is 0 Å². The largest absolute Gasteiger partial charge is 0.398 e. The van der Waals surface area contributed by atoms with Crippen molar-refractivity contribution in [2.24, 2.45) is 0 Å². The number of anilines is 6. The first-order valence-corrected chi connectivity index (χ1v) is 6.80. The molecule has 110 valence electrons. The summed E-state index contributed by atoms with van der Waals surface area (Å²) in [4.78, 5) is 0. The fourth-order valence-electron chi connectivity index (χ4n) is 3.32. The van der Waals surface area contributed by atoms with Crippen molar-refractivity contribution in [2.75, 3.05) is 34.4 Å². The summed E-state index contributed by atoms with van der Waals surface area (Å²) in [5, 5.41) is 4.95. The van der Waals surface area contributed by atoms with Crippen LogP contribution in [0.5, 0.6) is 0 Å². The molecule has 0 fully saturated rings. The summed E-state index contributed by atoms with van der Waals surface area (Å²) < 4.78 is 0. The van der Waals surface area contributed by atoms with Crippen molar-refractivity contribution < 1.29 is 0 Å². The summed E-state index contributed by atoms with van der Waals surface area (Å²) in [6, 6.07) is 7.64. The Labute approximate surface area is 125 Å². The van der Waals surface area contributed by atoms with Crippen LogP contribution in [0.15, 0.2) is 24.3 Å². The van der Waals surface area contributed by atoms with E-state index in [9.17, 15) is 0 Å². The Hall–Kier alpha value is -3.28. The number of rotatable bonds is 0. The average Bonchev–Trinajstić information content (AvgIpc) is 2.51. The maximum atomic E-state index is 6.24. The van der Waals surface area contributed by atoms with Crippen LogP contribution in [0.2, 0.25) is 0 Å². The molecule has 0 bridgehead atoms. The van der Waals surface area contributed by atoms with Crippen LogP contribution in [0.25, 0.3) is 32.3 Å². The molecule has 0 saturated carbocycles. The highest BCUT2D eigenvalue weighted by Crippen LogP contribution is 2.49. The van der Waals surface area contributed by atoms with Gasteiger partial charge in [0.2, 0.25) is 0 Å². The van der Waals surface area contributed by atoms with Crippen molar-refractivity contribution in [2.45, 2.75) is 0 Å². The van der Waals surface area contributed by atoms with Gasteiger partial charge in [-0.3, -0.25) is 0 Å². The van der Waals surface area contributed by atoms with Gasteiger partial charge in [-0.05, 0) is 11.5 Å². The zero-order valence-corrected chi connectivity index (χ0v) is 11.8. The van der Waals surface area contributed by atoms with Crippen molar-refractivity contribution in [3.05, 3.63) is 24.3 Å². The monoisotopic (exact) mass is 292 g/mol. The van der Waals surface area contributed by atoms with E-state index in [1.54, 1.807) is 0 Å². The highest BCUT2D eigenvalue weighted by Gasteiger charge is 2.21. The molecule has 0 spiro atoms. The standard InChI is InChI=1S/C16H16N6/c17-7-4-2-5-1-3-6-9-8(5)10(7)13(19)14(20)11(9)15(21)16(22)12(6)18/h1-4H,17-22H2. The summed E-state index contributed by atoms with van der Waals surface area (Å²) in [6.45, 7) is 0. The van der Waals surface area contributed by atoms with Crippen LogP contribution in [0.1, 0.15) is 0 Å². The normalized spacial score (nSPS) is 11.8. The number of nitrogen functional groups attached to an aromatic ring is 6. The van der Waals surface area contributed by atoms with Gasteiger partial charge in [-0.1, -0.05) is 18.2 Å². The molecule has 0 aliphatic carbocycles. The molecule has 4 aromatic carbocycles. The second-order valence-electron chi connectivity index (χ2n) is 5.56. The number of benzene rings is 4. The van der Waals surface area contributed by atoms with Gasteiger partial charge in [-0.2, -0.15) is 0 Å².